The normalized spacial score (nSPS) is 21.4. The molecule has 0 aliphatic heterocycles. The fourth-order valence-corrected chi connectivity index (χ4v) is 4.67. The Morgan fingerprint density at radius 1 is 1.24 bits per heavy atom. The first-order valence-corrected chi connectivity index (χ1v) is 12.1. The van der Waals surface area contributed by atoms with Crippen molar-refractivity contribution in [3.05, 3.63) is 33.7 Å². The van der Waals surface area contributed by atoms with E-state index in [0.717, 1.165) is 28.6 Å². The highest BCUT2D eigenvalue weighted by Gasteiger charge is 2.24. The molecule has 0 radical (unpaired) electrons. The predicted octanol–water partition coefficient (Wildman–Crippen LogP) is 2.78. The molecule has 1 aliphatic carbocycles. The summed E-state index contributed by atoms with van der Waals surface area (Å²) in [7, 11) is -0.623. The molecule has 7 nitrogen and oxygen atoms in total. The number of hydrogen-bond donors (Lipinski definition) is 1. The molecule has 2 rings (SSSR count). The van der Waals surface area contributed by atoms with Gasteiger partial charge in [-0.15, -0.1) is 0 Å². The van der Waals surface area contributed by atoms with E-state index in [9.17, 15) is 13.2 Å². The van der Waals surface area contributed by atoms with Gasteiger partial charge in [0.2, 0.25) is 0 Å². The summed E-state index contributed by atoms with van der Waals surface area (Å²) in [5, 5.41) is 0. The molecule has 1 fully saturated rings. The van der Waals surface area contributed by atoms with Crippen molar-refractivity contribution in [2.24, 2.45) is 5.92 Å². The van der Waals surface area contributed by atoms with Crippen LogP contribution in [0.5, 0.6) is 0 Å². The molecule has 0 saturated heterocycles. The van der Waals surface area contributed by atoms with Gasteiger partial charge >= 0.3 is 0 Å². The largest absolute Gasteiger partial charge is 0.376 e. The van der Waals surface area contributed by atoms with Gasteiger partial charge in [-0.3, -0.25) is 4.79 Å². The summed E-state index contributed by atoms with van der Waals surface area (Å²) in [5.74, 6) is 0.796. The molecule has 166 valence electrons. The molecule has 0 amide bonds. The highest BCUT2D eigenvalue weighted by Crippen LogP contribution is 2.29. The predicted molar refractivity (Wildman–Crippen MR) is 116 cm³/mol. The summed E-state index contributed by atoms with van der Waals surface area (Å²) >= 11 is 0. The zero-order valence-corrected chi connectivity index (χ0v) is 19.3. The summed E-state index contributed by atoms with van der Waals surface area (Å²) in [6.45, 7) is 6.35. The van der Waals surface area contributed by atoms with Crippen LogP contribution >= 0.6 is 0 Å². The molecule has 1 saturated carbocycles. The van der Waals surface area contributed by atoms with Crippen molar-refractivity contribution >= 4 is 10.2 Å². The summed E-state index contributed by atoms with van der Waals surface area (Å²) in [6.07, 6.45) is 8.88. The van der Waals surface area contributed by atoms with E-state index in [0.29, 0.717) is 12.2 Å². The number of nitrogens with zero attached hydrogens (tertiary/aromatic N) is 2. The van der Waals surface area contributed by atoms with E-state index < -0.39 is 16.3 Å². The molecule has 1 unspecified atom stereocenters. The van der Waals surface area contributed by atoms with E-state index in [1.165, 1.54) is 39.8 Å². The minimum Gasteiger partial charge on any atom is -0.376 e. The number of aryl methyl sites for hydroxylation is 2. The SMILES string of the molecule is CCC[C@H]1CC[C@@H](OCC(CNS(=O)(=O)N(C)C)n2cc(C)cc(C)c2=O)CC1. The van der Waals surface area contributed by atoms with Crippen molar-refractivity contribution in [2.45, 2.75) is 71.4 Å². The van der Waals surface area contributed by atoms with Gasteiger partial charge in [0.1, 0.15) is 0 Å². The van der Waals surface area contributed by atoms with E-state index in [1.54, 1.807) is 17.7 Å². The van der Waals surface area contributed by atoms with Crippen LogP contribution in [0.3, 0.4) is 0 Å². The van der Waals surface area contributed by atoms with E-state index in [4.69, 9.17) is 4.74 Å². The summed E-state index contributed by atoms with van der Waals surface area (Å²) in [4.78, 5) is 12.7. The molecule has 1 atom stereocenters. The lowest BCUT2D eigenvalue weighted by Gasteiger charge is -2.30. The monoisotopic (exact) mass is 427 g/mol. The maximum atomic E-state index is 12.7. The van der Waals surface area contributed by atoms with Crippen molar-refractivity contribution in [3.8, 4) is 0 Å². The van der Waals surface area contributed by atoms with Crippen molar-refractivity contribution in [1.29, 1.82) is 0 Å². The topological polar surface area (TPSA) is 80.6 Å². The van der Waals surface area contributed by atoms with E-state index >= 15 is 0 Å². The molecule has 0 bridgehead atoms. The van der Waals surface area contributed by atoms with Crippen LogP contribution in [0, 0.1) is 19.8 Å². The van der Waals surface area contributed by atoms with Gasteiger partial charge in [-0.2, -0.15) is 17.4 Å². The Hall–Kier alpha value is -1.22. The smallest absolute Gasteiger partial charge is 0.279 e. The fraction of sp³-hybridized carbons (Fsp3) is 0.762. The molecule has 1 N–H and O–H groups in total. The van der Waals surface area contributed by atoms with Gasteiger partial charge in [-0.05, 0) is 57.1 Å². The third kappa shape index (κ3) is 6.91. The molecule has 0 spiro atoms. The average Bonchev–Trinajstić information content (AvgIpc) is 2.66. The molecule has 0 aromatic carbocycles. The zero-order chi connectivity index (χ0) is 21.6. The van der Waals surface area contributed by atoms with Crippen LogP contribution < -0.4 is 10.3 Å². The van der Waals surface area contributed by atoms with Crippen LogP contribution in [0.2, 0.25) is 0 Å². The van der Waals surface area contributed by atoms with E-state index in [-0.39, 0.29) is 18.2 Å². The standard InChI is InChI=1S/C21H37N3O4S/c1-6-7-18-8-10-20(11-9-18)28-15-19(13-22-29(26,27)23(4)5)24-14-16(2)12-17(3)21(24)25/h12,14,18-20,22H,6-11,13,15H2,1-5H3/t18-,19?,20+. The first-order chi connectivity index (χ1) is 13.6. The Kier molecular flexibility index (Phi) is 8.88. The third-order valence-corrected chi connectivity index (χ3v) is 7.24. The molecule has 1 aromatic heterocycles. The lowest BCUT2D eigenvalue weighted by Crippen LogP contribution is -2.42. The molecule has 1 aliphatic rings. The summed E-state index contributed by atoms with van der Waals surface area (Å²) in [5.41, 5.74) is 1.49. The highest BCUT2D eigenvalue weighted by atomic mass is 32.2. The first kappa shape index (κ1) is 24.1. The molecule has 1 heterocycles. The lowest BCUT2D eigenvalue weighted by atomic mass is 9.85. The average molecular weight is 428 g/mol. The van der Waals surface area contributed by atoms with E-state index in [2.05, 4.69) is 11.6 Å². The van der Waals surface area contributed by atoms with Gasteiger partial charge in [-0.25, -0.2) is 0 Å². The zero-order valence-electron chi connectivity index (χ0n) is 18.5. The van der Waals surface area contributed by atoms with E-state index in [1.807, 2.05) is 13.0 Å². The second-order valence-corrected chi connectivity index (χ2v) is 10.4. The van der Waals surface area contributed by atoms with Crippen LogP contribution in [0.4, 0.5) is 0 Å². The third-order valence-electron chi connectivity index (χ3n) is 5.75. The Morgan fingerprint density at radius 3 is 2.48 bits per heavy atom. The number of pyridine rings is 1. The van der Waals surface area contributed by atoms with Crippen molar-refractivity contribution in [2.75, 3.05) is 27.2 Å². The molecule has 29 heavy (non-hydrogen) atoms. The maximum absolute atomic E-state index is 12.7. The summed E-state index contributed by atoms with van der Waals surface area (Å²) in [6, 6.07) is 1.44. The first-order valence-electron chi connectivity index (χ1n) is 10.6. The van der Waals surface area contributed by atoms with Crippen LogP contribution in [-0.4, -0.2) is 50.6 Å². The number of hydrogen-bond acceptors (Lipinski definition) is 4. The fourth-order valence-electron chi connectivity index (χ4n) is 4.00. The Balaban J connectivity index is 2.10. The van der Waals surface area contributed by atoms with Crippen LogP contribution in [0.1, 0.15) is 62.6 Å². The van der Waals surface area contributed by atoms with Gasteiger partial charge in [-0.1, -0.05) is 19.8 Å². The minimum atomic E-state index is -3.58. The molecule has 8 heteroatoms. The lowest BCUT2D eigenvalue weighted by molar-refractivity contribution is 0.000970. The van der Waals surface area contributed by atoms with Gasteiger partial charge in [0.05, 0.1) is 18.8 Å². The minimum absolute atomic E-state index is 0.106. The van der Waals surface area contributed by atoms with Gasteiger partial charge in [0, 0.05) is 32.4 Å². The number of nitrogens with one attached hydrogen (secondary N) is 1. The highest BCUT2D eigenvalue weighted by molar-refractivity contribution is 7.87. The van der Waals surface area contributed by atoms with Crippen LogP contribution in [-0.2, 0) is 14.9 Å². The molecular formula is C21H37N3O4S. The van der Waals surface area contributed by atoms with Crippen molar-refractivity contribution in [3.63, 3.8) is 0 Å². The Labute approximate surface area is 175 Å². The number of ether oxygens (including phenoxy) is 1. The maximum Gasteiger partial charge on any atom is 0.279 e. The van der Waals surface area contributed by atoms with Crippen LogP contribution in [0.15, 0.2) is 17.1 Å². The van der Waals surface area contributed by atoms with Crippen LogP contribution in [0.25, 0.3) is 0 Å². The molecular weight excluding hydrogens is 390 g/mol. The van der Waals surface area contributed by atoms with Gasteiger partial charge in [0.25, 0.3) is 15.8 Å². The second kappa shape index (κ2) is 10.7. The van der Waals surface area contributed by atoms with Gasteiger partial charge < -0.3 is 9.30 Å². The quantitative estimate of drug-likeness (QED) is 0.623. The van der Waals surface area contributed by atoms with Crippen molar-refractivity contribution < 1.29 is 13.2 Å². The number of rotatable bonds is 10. The second-order valence-electron chi connectivity index (χ2n) is 8.47. The number of aromatic nitrogens is 1. The summed E-state index contributed by atoms with van der Waals surface area (Å²) < 4.78 is 35.9. The Bertz CT molecular complexity index is 812. The van der Waals surface area contributed by atoms with Crippen molar-refractivity contribution in [1.82, 2.24) is 13.6 Å². The Morgan fingerprint density at radius 2 is 1.90 bits per heavy atom. The van der Waals surface area contributed by atoms with Gasteiger partial charge in [0.15, 0.2) is 0 Å². The molecule has 1 aromatic rings.